The summed E-state index contributed by atoms with van der Waals surface area (Å²) >= 11 is 0. The second kappa shape index (κ2) is 5.35. The molecule has 84 valence electrons. The minimum atomic E-state index is -1.06. The van der Waals surface area contributed by atoms with Crippen molar-refractivity contribution >= 4 is 11.8 Å². The van der Waals surface area contributed by atoms with Crippen LogP contribution in [0.25, 0.3) is 0 Å². The lowest BCUT2D eigenvalue weighted by Gasteiger charge is -2.27. The van der Waals surface area contributed by atoms with Gasteiger partial charge in [-0.1, -0.05) is 6.92 Å². The summed E-state index contributed by atoms with van der Waals surface area (Å²) in [5.74, 6) is -0.907. The Morgan fingerprint density at radius 2 is 2.00 bits per heavy atom. The van der Waals surface area contributed by atoms with Crippen molar-refractivity contribution < 1.29 is 9.59 Å². The maximum absolute atomic E-state index is 11.9. The van der Waals surface area contributed by atoms with Crippen molar-refractivity contribution in [2.45, 2.75) is 27.2 Å². The van der Waals surface area contributed by atoms with E-state index in [9.17, 15) is 9.59 Å². The average Bonchev–Trinajstić information content (AvgIpc) is 2.23. The first-order valence-electron chi connectivity index (χ1n) is 4.90. The lowest BCUT2D eigenvalue weighted by Crippen LogP contribution is -2.45. The topological polar surface area (TPSA) is 87.2 Å². The summed E-state index contributed by atoms with van der Waals surface area (Å²) in [5.41, 5.74) is 3.95. The molecule has 2 amide bonds. The molecule has 0 saturated carbocycles. The second-order valence-corrected chi connectivity index (χ2v) is 3.58. The molecular formula is C10H17N3O2. The SMILES string of the molecule is CCN(CC(N)=O)C(=O)C(C)(C#N)CC. The molecule has 0 aromatic rings. The lowest BCUT2D eigenvalue weighted by molar-refractivity contribution is -0.141. The number of hydrogen-bond donors (Lipinski definition) is 1. The highest BCUT2D eigenvalue weighted by Gasteiger charge is 2.35. The molecule has 1 unspecified atom stereocenters. The molecule has 0 saturated heterocycles. The summed E-state index contributed by atoms with van der Waals surface area (Å²) in [6, 6.07) is 1.97. The predicted molar refractivity (Wildman–Crippen MR) is 55.5 cm³/mol. The summed E-state index contributed by atoms with van der Waals surface area (Å²) in [7, 11) is 0. The number of rotatable bonds is 5. The monoisotopic (exact) mass is 211 g/mol. The van der Waals surface area contributed by atoms with Crippen molar-refractivity contribution in [1.29, 1.82) is 5.26 Å². The Morgan fingerprint density at radius 1 is 1.47 bits per heavy atom. The fourth-order valence-electron chi connectivity index (χ4n) is 1.14. The Labute approximate surface area is 89.8 Å². The van der Waals surface area contributed by atoms with Crippen LogP contribution in [0.3, 0.4) is 0 Å². The number of carbonyl (C=O) groups is 2. The first-order valence-corrected chi connectivity index (χ1v) is 4.90. The van der Waals surface area contributed by atoms with E-state index in [-0.39, 0.29) is 12.5 Å². The van der Waals surface area contributed by atoms with Crippen molar-refractivity contribution in [3.8, 4) is 6.07 Å². The summed E-state index contributed by atoms with van der Waals surface area (Å²) < 4.78 is 0. The highest BCUT2D eigenvalue weighted by Crippen LogP contribution is 2.22. The van der Waals surface area contributed by atoms with Gasteiger partial charge in [0.2, 0.25) is 11.8 Å². The van der Waals surface area contributed by atoms with Gasteiger partial charge in [-0.3, -0.25) is 9.59 Å². The zero-order chi connectivity index (χ0) is 12.1. The van der Waals surface area contributed by atoms with E-state index in [2.05, 4.69) is 0 Å². The van der Waals surface area contributed by atoms with Crippen LogP contribution in [-0.2, 0) is 9.59 Å². The minimum Gasteiger partial charge on any atom is -0.368 e. The number of nitrogens with zero attached hydrogens (tertiary/aromatic N) is 2. The van der Waals surface area contributed by atoms with Crippen LogP contribution >= 0.6 is 0 Å². The Kier molecular flexibility index (Phi) is 4.79. The van der Waals surface area contributed by atoms with Crippen LogP contribution in [0.5, 0.6) is 0 Å². The maximum atomic E-state index is 11.9. The molecule has 0 rings (SSSR count). The zero-order valence-corrected chi connectivity index (χ0v) is 9.41. The van der Waals surface area contributed by atoms with Crippen LogP contribution in [0.15, 0.2) is 0 Å². The van der Waals surface area contributed by atoms with Crippen LogP contribution in [0, 0.1) is 16.7 Å². The molecule has 15 heavy (non-hydrogen) atoms. The van der Waals surface area contributed by atoms with Crippen molar-refractivity contribution in [3.05, 3.63) is 0 Å². The zero-order valence-electron chi connectivity index (χ0n) is 9.41. The van der Waals surface area contributed by atoms with Gasteiger partial charge in [-0.05, 0) is 20.3 Å². The van der Waals surface area contributed by atoms with Gasteiger partial charge in [0.05, 0.1) is 12.6 Å². The third-order valence-electron chi connectivity index (χ3n) is 2.44. The number of likely N-dealkylation sites (N-methyl/N-ethyl adjacent to an activating group) is 1. The van der Waals surface area contributed by atoms with Crippen LogP contribution in [0.4, 0.5) is 0 Å². The second-order valence-electron chi connectivity index (χ2n) is 3.58. The van der Waals surface area contributed by atoms with Crippen molar-refractivity contribution in [2.24, 2.45) is 11.1 Å². The third-order valence-corrected chi connectivity index (χ3v) is 2.44. The van der Waals surface area contributed by atoms with E-state index < -0.39 is 11.3 Å². The molecule has 0 aliphatic heterocycles. The van der Waals surface area contributed by atoms with Crippen molar-refractivity contribution in [2.75, 3.05) is 13.1 Å². The van der Waals surface area contributed by atoms with Gasteiger partial charge in [-0.2, -0.15) is 5.26 Å². The number of carbonyl (C=O) groups excluding carboxylic acids is 2. The van der Waals surface area contributed by atoms with Gasteiger partial charge in [-0.25, -0.2) is 0 Å². The van der Waals surface area contributed by atoms with E-state index in [1.165, 1.54) is 4.90 Å². The largest absolute Gasteiger partial charge is 0.368 e. The molecule has 5 heteroatoms. The van der Waals surface area contributed by atoms with Crippen LogP contribution in [-0.4, -0.2) is 29.8 Å². The number of hydrogen-bond acceptors (Lipinski definition) is 3. The fraction of sp³-hybridized carbons (Fsp3) is 0.700. The minimum absolute atomic E-state index is 0.132. The Hall–Kier alpha value is -1.57. The van der Waals surface area contributed by atoms with Gasteiger partial charge in [0.15, 0.2) is 0 Å². The predicted octanol–water partition coefficient (Wildman–Crippen LogP) is 0.260. The van der Waals surface area contributed by atoms with E-state index in [1.807, 2.05) is 6.07 Å². The number of nitriles is 1. The Bertz CT molecular complexity index is 296. The molecule has 0 bridgehead atoms. The van der Waals surface area contributed by atoms with Crippen LogP contribution in [0.1, 0.15) is 27.2 Å². The molecule has 0 aliphatic rings. The van der Waals surface area contributed by atoms with E-state index in [0.29, 0.717) is 13.0 Å². The Balaban J connectivity index is 4.80. The molecular weight excluding hydrogens is 194 g/mol. The van der Waals surface area contributed by atoms with Gasteiger partial charge < -0.3 is 10.6 Å². The summed E-state index contributed by atoms with van der Waals surface area (Å²) in [5, 5.41) is 8.92. The molecule has 0 heterocycles. The van der Waals surface area contributed by atoms with E-state index >= 15 is 0 Å². The van der Waals surface area contributed by atoms with Gasteiger partial charge in [0.1, 0.15) is 5.41 Å². The van der Waals surface area contributed by atoms with Crippen molar-refractivity contribution in [1.82, 2.24) is 4.90 Å². The van der Waals surface area contributed by atoms with Gasteiger partial charge in [-0.15, -0.1) is 0 Å². The molecule has 0 aromatic carbocycles. The molecule has 0 aromatic heterocycles. The smallest absolute Gasteiger partial charge is 0.243 e. The first-order chi connectivity index (χ1) is 6.91. The van der Waals surface area contributed by atoms with Gasteiger partial charge in [0.25, 0.3) is 0 Å². The van der Waals surface area contributed by atoms with Gasteiger partial charge in [0, 0.05) is 6.54 Å². The number of primary amides is 1. The van der Waals surface area contributed by atoms with Gasteiger partial charge >= 0.3 is 0 Å². The molecule has 1 atom stereocenters. The molecule has 2 N–H and O–H groups in total. The van der Waals surface area contributed by atoms with Crippen LogP contribution < -0.4 is 5.73 Å². The van der Waals surface area contributed by atoms with Crippen LogP contribution in [0.2, 0.25) is 0 Å². The molecule has 0 aliphatic carbocycles. The maximum Gasteiger partial charge on any atom is 0.243 e. The average molecular weight is 211 g/mol. The summed E-state index contributed by atoms with van der Waals surface area (Å²) in [6.07, 6.45) is 0.414. The van der Waals surface area contributed by atoms with E-state index in [0.717, 1.165) is 0 Å². The summed E-state index contributed by atoms with van der Waals surface area (Å²) in [6.45, 7) is 5.32. The quantitative estimate of drug-likeness (QED) is 0.707. The van der Waals surface area contributed by atoms with E-state index in [1.54, 1.807) is 20.8 Å². The first kappa shape index (κ1) is 13.4. The highest BCUT2D eigenvalue weighted by atomic mass is 16.2. The highest BCUT2D eigenvalue weighted by molar-refractivity contribution is 5.88. The normalized spacial score (nSPS) is 13.7. The summed E-state index contributed by atoms with van der Waals surface area (Å²) in [4.78, 5) is 23.9. The molecule has 0 fully saturated rings. The fourth-order valence-corrected chi connectivity index (χ4v) is 1.14. The standard InChI is InChI=1S/C10H17N3O2/c1-4-10(3,7-11)9(15)13(5-2)6-8(12)14/h4-6H2,1-3H3,(H2,12,14). The van der Waals surface area contributed by atoms with Crippen molar-refractivity contribution in [3.63, 3.8) is 0 Å². The molecule has 0 spiro atoms. The number of nitrogens with two attached hydrogens (primary N) is 1. The molecule has 5 nitrogen and oxygen atoms in total. The number of amides is 2. The lowest BCUT2D eigenvalue weighted by atomic mass is 9.88. The molecule has 0 radical (unpaired) electrons. The third kappa shape index (κ3) is 3.24. The van der Waals surface area contributed by atoms with E-state index in [4.69, 9.17) is 11.0 Å². The Morgan fingerprint density at radius 3 is 2.27 bits per heavy atom.